The van der Waals surface area contributed by atoms with Crippen LogP contribution in [0.25, 0.3) is 0 Å². The van der Waals surface area contributed by atoms with Crippen LogP contribution >= 0.6 is 0 Å². The van der Waals surface area contributed by atoms with Crippen molar-refractivity contribution in [1.82, 2.24) is 5.32 Å². The summed E-state index contributed by atoms with van der Waals surface area (Å²) in [5.74, 6) is 2.13. The SMILES string of the molecule is CCCC(C)CC(NCC)C(c1ccccc1)C(C)CC. The minimum atomic E-state index is 0.592. The Morgan fingerprint density at radius 3 is 2.19 bits per heavy atom. The molecule has 1 nitrogen and oxygen atoms in total. The topological polar surface area (TPSA) is 12.0 Å². The Bertz CT molecular complexity index is 359. The molecule has 0 bridgehead atoms. The predicted octanol–water partition coefficient (Wildman–Crippen LogP) is 5.62. The molecule has 0 aromatic heterocycles. The normalized spacial score (nSPS) is 17.2. The molecule has 120 valence electrons. The zero-order valence-electron chi connectivity index (χ0n) is 14.7. The fourth-order valence-electron chi connectivity index (χ4n) is 3.55. The van der Waals surface area contributed by atoms with Gasteiger partial charge in [0.2, 0.25) is 0 Å². The van der Waals surface area contributed by atoms with Crippen LogP contribution < -0.4 is 5.32 Å². The first-order chi connectivity index (χ1) is 10.1. The Morgan fingerprint density at radius 1 is 1.00 bits per heavy atom. The lowest BCUT2D eigenvalue weighted by atomic mass is 9.77. The number of nitrogens with one attached hydrogen (secondary N) is 1. The third-order valence-corrected chi connectivity index (χ3v) is 4.78. The fourth-order valence-corrected chi connectivity index (χ4v) is 3.55. The summed E-state index contributed by atoms with van der Waals surface area (Å²) in [7, 11) is 0. The summed E-state index contributed by atoms with van der Waals surface area (Å²) in [6.45, 7) is 12.7. The largest absolute Gasteiger partial charge is 0.314 e. The summed E-state index contributed by atoms with van der Waals surface area (Å²) >= 11 is 0. The van der Waals surface area contributed by atoms with Gasteiger partial charge in [0.1, 0.15) is 0 Å². The monoisotopic (exact) mass is 289 g/mol. The van der Waals surface area contributed by atoms with E-state index in [9.17, 15) is 0 Å². The molecule has 4 unspecified atom stereocenters. The molecule has 0 amide bonds. The molecule has 1 rings (SSSR count). The Hall–Kier alpha value is -0.820. The van der Waals surface area contributed by atoms with Crippen molar-refractivity contribution in [3.8, 4) is 0 Å². The Labute approximate surface area is 132 Å². The maximum atomic E-state index is 3.79. The molecule has 4 atom stereocenters. The van der Waals surface area contributed by atoms with Gasteiger partial charge in [-0.2, -0.15) is 0 Å². The van der Waals surface area contributed by atoms with Crippen LogP contribution in [0.2, 0.25) is 0 Å². The van der Waals surface area contributed by atoms with Gasteiger partial charge in [0.05, 0.1) is 0 Å². The molecular weight excluding hydrogens is 254 g/mol. The highest BCUT2D eigenvalue weighted by Gasteiger charge is 2.27. The first-order valence-corrected chi connectivity index (χ1v) is 8.92. The van der Waals surface area contributed by atoms with Gasteiger partial charge in [-0.05, 0) is 30.4 Å². The minimum Gasteiger partial charge on any atom is -0.314 e. The van der Waals surface area contributed by atoms with E-state index < -0.39 is 0 Å². The lowest BCUT2D eigenvalue weighted by Gasteiger charge is -2.34. The number of hydrogen-bond donors (Lipinski definition) is 1. The molecule has 1 heteroatoms. The van der Waals surface area contributed by atoms with Crippen LogP contribution in [-0.2, 0) is 0 Å². The highest BCUT2D eigenvalue weighted by atomic mass is 14.9. The van der Waals surface area contributed by atoms with Crippen molar-refractivity contribution in [3.63, 3.8) is 0 Å². The molecule has 0 spiro atoms. The number of benzene rings is 1. The van der Waals surface area contributed by atoms with Gasteiger partial charge in [-0.25, -0.2) is 0 Å². The average Bonchev–Trinajstić information content (AvgIpc) is 2.48. The van der Waals surface area contributed by atoms with Gasteiger partial charge >= 0.3 is 0 Å². The van der Waals surface area contributed by atoms with Crippen LogP contribution in [0, 0.1) is 11.8 Å². The summed E-state index contributed by atoms with van der Waals surface area (Å²) < 4.78 is 0. The minimum absolute atomic E-state index is 0.592. The first-order valence-electron chi connectivity index (χ1n) is 8.92. The number of hydrogen-bond acceptors (Lipinski definition) is 1. The molecule has 0 aliphatic carbocycles. The molecule has 21 heavy (non-hydrogen) atoms. The summed E-state index contributed by atoms with van der Waals surface area (Å²) in [6.07, 6.45) is 5.15. The van der Waals surface area contributed by atoms with Crippen molar-refractivity contribution in [3.05, 3.63) is 35.9 Å². The van der Waals surface area contributed by atoms with Crippen LogP contribution in [-0.4, -0.2) is 12.6 Å². The third kappa shape index (κ3) is 5.82. The number of rotatable bonds is 10. The van der Waals surface area contributed by atoms with Gasteiger partial charge in [-0.1, -0.05) is 84.2 Å². The smallest absolute Gasteiger partial charge is 0.0141 e. The Kier molecular flexibility index (Phi) is 8.68. The van der Waals surface area contributed by atoms with Crippen LogP contribution in [0.1, 0.15) is 71.8 Å². The van der Waals surface area contributed by atoms with E-state index in [1.54, 1.807) is 0 Å². The molecule has 1 aromatic carbocycles. The first kappa shape index (κ1) is 18.2. The molecule has 0 aliphatic rings. The van der Waals surface area contributed by atoms with E-state index in [1.807, 2.05) is 0 Å². The maximum Gasteiger partial charge on any atom is 0.0141 e. The highest BCUT2D eigenvalue weighted by Crippen LogP contribution is 2.33. The van der Waals surface area contributed by atoms with Crippen molar-refractivity contribution in [1.29, 1.82) is 0 Å². The molecule has 1 aromatic rings. The molecule has 1 N–H and O–H groups in total. The van der Waals surface area contributed by atoms with Gasteiger partial charge < -0.3 is 5.32 Å². The van der Waals surface area contributed by atoms with Crippen molar-refractivity contribution in [2.45, 2.75) is 72.3 Å². The van der Waals surface area contributed by atoms with Crippen LogP contribution in [0.4, 0.5) is 0 Å². The van der Waals surface area contributed by atoms with Crippen molar-refractivity contribution < 1.29 is 0 Å². The summed E-state index contributed by atoms with van der Waals surface area (Å²) in [6, 6.07) is 11.7. The Morgan fingerprint density at radius 2 is 1.67 bits per heavy atom. The van der Waals surface area contributed by atoms with E-state index in [0.717, 1.165) is 12.5 Å². The molecule has 0 aliphatic heterocycles. The molecule has 0 fully saturated rings. The summed E-state index contributed by atoms with van der Waals surface area (Å²) in [4.78, 5) is 0. The van der Waals surface area contributed by atoms with Gasteiger partial charge in [0, 0.05) is 12.0 Å². The van der Waals surface area contributed by atoms with E-state index in [0.29, 0.717) is 17.9 Å². The van der Waals surface area contributed by atoms with Gasteiger partial charge in [0.25, 0.3) is 0 Å². The van der Waals surface area contributed by atoms with E-state index in [4.69, 9.17) is 0 Å². The molecule has 0 heterocycles. The van der Waals surface area contributed by atoms with E-state index in [2.05, 4.69) is 70.3 Å². The van der Waals surface area contributed by atoms with Crippen molar-refractivity contribution in [2.24, 2.45) is 11.8 Å². The second-order valence-electron chi connectivity index (χ2n) is 6.62. The van der Waals surface area contributed by atoms with E-state index in [-0.39, 0.29) is 0 Å². The summed E-state index contributed by atoms with van der Waals surface area (Å²) in [5.41, 5.74) is 1.50. The molecule has 0 radical (unpaired) electrons. The summed E-state index contributed by atoms with van der Waals surface area (Å²) in [5, 5.41) is 3.79. The van der Waals surface area contributed by atoms with Gasteiger partial charge in [-0.15, -0.1) is 0 Å². The zero-order valence-corrected chi connectivity index (χ0v) is 14.7. The third-order valence-electron chi connectivity index (χ3n) is 4.78. The van der Waals surface area contributed by atoms with Crippen LogP contribution in [0.15, 0.2) is 30.3 Å². The number of likely N-dealkylation sites (N-methyl/N-ethyl adjacent to an activating group) is 1. The lowest BCUT2D eigenvalue weighted by molar-refractivity contribution is 0.288. The van der Waals surface area contributed by atoms with Gasteiger partial charge in [-0.3, -0.25) is 0 Å². The lowest BCUT2D eigenvalue weighted by Crippen LogP contribution is -2.39. The fraction of sp³-hybridized carbons (Fsp3) is 0.700. The molecule has 0 saturated carbocycles. The predicted molar refractivity (Wildman–Crippen MR) is 94.8 cm³/mol. The van der Waals surface area contributed by atoms with Crippen molar-refractivity contribution >= 4 is 0 Å². The average molecular weight is 290 g/mol. The van der Waals surface area contributed by atoms with Crippen LogP contribution in [0.5, 0.6) is 0 Å². The molecular formula is C20H35N. The molecule has 0 saturated heterocycles. The maximum absolute atomic E-state index is 3.79. The Balaban J connectivity index is 2.95. The van der Waals surface area contributed by atoms with Gasteiger partial charge in [0.15, 0.2) is 0 Å². The second-order valence-corrected chi connectivity index (χ2v) is 6.62. The van der Waals surface area contributed by atoms with E-state index in [1.165, 1.54) is 31.2 Å². The van der Waals surface area contributed by atoms with Crippen LogP contribution in [0.3, 0.4) is 0 Å². The highest BCUT2D eigenvalue weighted by molar-refractivity contribution is 5.22. The standard InChI is InChI=1S/C20H35N/c1-6-12-16(4)15-19(21-8-3)20(17(5)7-2)18-13-10-9-11-14-18/h9-11,13-14,16-17,19-21H,6-8,12,15H2,1-5H3. The quantitative estimate of drug-likeness (QED) is 0.589. The van der Waals surface area contributed by atoms with Crippen molar-refractivity contribution in [2.75, 3.05) is 6.54 Å². The zero-order chi connectivity index (χ0) is 15.7. The van der Waals surface area contributed by atoms with E-state index >= 15 is 0 Å². The second kappa shape index (κ2) is 10.00.